The first-order valence-corrected chi connectivity index (χ1v) is 11.2. The van der Waals surface area contributed by atoms with Crippen molar-refractivity contribution < 1.29 is 23.8 Å². The molecule has 158 valence electrons. The predicted octanol–water partition coefficient (Wildman–Crippen LogP) is 5.36. The Bertz CT molecular complexity index is 948. The minimum Gasteiger partial charge on any atom is -0.492 e. The third-order valence-corrected chi connectivity index (χ3v) is 5.61. The maximum absolute atomic E-state index is 12.7. The normalized spacial score (nSPS) is 15.0. The number of thioether (sulfide) groups is 1. The third-order valence-electron chi connectivity index (χ3n) is 4.12. The number of benzene rings is 2. The molecule has 0 atom stereocenters. The van der Waals surface area contributed by atoms with Gasteiger partial charge in [-0.1, -0.05) is 18.2 Å². The van der Waals surface area contributed by atoms with Crippen LogP contribution >= 0.6 is 27.7 Å². The molecule has 1 aliphatic heterocycles. The summed E-state index contributed by atoms with van der Waals surface area (Å²) < 4.78 is 17.6. The molecule has 0 aliphatic carbocycles. The fourth-order valence-electron chi connectivity index (χ4n) is 2.83. The number of rotatable bonds is 9. The summed E-state index contributed by atoms with van der Waals surface area (Å²) in [6.07, 6.45) is 1.69. The Balaban J connectivity index is 1.73. The zero-order valence-electron chi connectivity index (χ0n) is 16.7. The molecule has 0 aromatic heterocycles. The number of carbonyl (C=O) groups is 2. The molecule has 0 bridgehead atoms. The molecule has 8 heteroatoms. The lowest BCUT2D eigenvalue weighted by Crippen LogP contribution is -2.32. The highest BCUT2D eigenvalue weighted by atomic mass is 79.9. The molecule has 1 saturated heterocycles. The Hall–Kier alpha value is -2.45. The van der Waals surface area contributed by atoms with Gasteiger partial charge in [-0.3, -0.25) is 14.5 Å². The van der Waals surface area contributed by atoms with Gasteiger partial charge in [-0.05, 0) is 77.4 Å². The zero-order chi connectivity index (χ0) is 21.5. The Labute approximate surface area is 188 Å². The van der Waals surface area contributed by atoms with Gasteiger partial charge in [-0.25, -0.2) is 0 Å². The summed E-state index contributed by atoms with van der Waals surface area (Å²) in [6.45, 7) is 5.19. The molecule has 0 N–H and O–H groups in total. The van der Waals surface area contributed by atoms with Crippen molar-refractivity contribution in [3.8, 4) is 17.2 Å². The highest BCUT2D eigenvalue weighted by Gasteiger charge is 2.34. The predicted molar refractivity (Wildman–Crippen MR) is 121 cm³/mol. The molecule has 0 unspecified atom stereocenters. The van der Waals surface area contributed by atoms with Gasteiger partial charge in [0.2, 0.25) is 0 Å². The van der Waals surface area contributed by atoms with Crippen LogP contribution in [-0.2, 0) is 4.79 Å². The van der Waals surface area contributed by atoms with Gasteiger partial charge < -0.3 is 14.2 Å². The van der Waals surface area contributed by atoms with E-state index < -0.39 is 0 Å². The third kappa shape index (κ3) is 5.37. The SMILES string of the molecule is CCOc1cc(/C=C2\SC(=O)N(CCOc3ccccc3)C2=O)cc(Br)c1OCC. The Morgan fingerprint density at radius 2 is 1.77 bits per heavy atom. The molecule has 0 spiro atoms. The summed E-state index contributed by atoms with van der Waals surface area (Å²) >= 11 is 4.41. The van der Waals surface area contributed by atoms with Crippen LogP contribution in [0.2, 0.25) is 0 Å². The molecular formula is C22H22BrNO5S. The van der Waals surface area contributed by atoms with Crippen molar-refractivity contribution in [3.05, 3.63) is 57.4 Å². The molecule has 0 radical (unpaired) electrons. The van der Waals surface area contributed by atoms with Gasteiger partial charge in [0.05, 0.1) is 29.1 Å². The lowest BCUT2D eigenvalue weighted by atomic mass is 10.2. The van der Waals surface area contributed by atoms with Crippen molar-refractivity contribution in [2.75, 3.05) is 26.4 Å². The summed E-state index contributed by atoms with van der Waals surface area (Å²) in [5.41, 5.74) is 0.736. The number of amides is 2. The first-order valence-electron chi connectivity index (χ1n) is 9.55. The van der Waals surface area contributed by atoms with Crippen molar-refractivity contribution >= 4 is 44.9 Å². The molecule has 1 fully saturated rings. The van der Waals surface area contributed by atoms with Crippen LogP contribution in [0.15, 0.2) is 51.8 Å². The monoisotopic (exact) mass is 491 g/mol. The van der Waals surface area contributed by atoms with E-state index in [4.69, 9.17) is 14.2 Å². The van der Waals surface area contributed by atoms with Crippen LogP contribution in [0.25, 0.3) is 6.08 Å². The molecule has 2 amide bonds. The van der Waals surface area contributed by atoms with E-state index in [1.54, 1.807) is 12.1 Å². The van der Waals surface area contributed by atoms with E-state index in [1.165, 1.54) is 4.90 Å². The van der Waals surface area contributed by atoms with Gasteiger partial charge in [-0.2, -0.15) is 0 Å². The maximum Gasteiger partial charge on any atom is 0.293 e. The molecule has 1 heterocycles. The summed E-state index contributed by atoms with van der Waals surface area (Å²) in [4.78, 5) is 26.6. The van der Waals surface area contributed by atoms with Gasteiger partial charge in [0.15, 0.2) is 11.5 Å². The number of para-hydroxylation sites is 1. The summed E-state index contributed by atoms with van der Waals surface area (Å²) in [6, 6.07) is 12.9. The quantitative estimate of drug-likeness (QED) is 0.439. The number of nitrogens with zero attached hydrogens (tertiary/aromatic N) is 1. The molecule has 2 aromatic rings. The highest BCUT2D eigenvalue weighted by Crippen LogP contribution is 2.39. The van der Waals surface area contributed by atoms with Crippen LogP contribution < -0.4 is 14.2 Å². The number of hydrogen-bond acceptors (Lipinski definition) is 6. The number of imide groups is 1. The van der Waals surface area contributed by atoms with Crippen molar-refractivity contribution in [1.29, 1.82) is 0 Å². The summed E-state index contributed by atoms with van der Waals surface area (Å²) in [7, 11) is 0. The van der Waals surface area contributed by atoms with Crippen molar-refractivity contribution in [2.45, 2.75) is 13.8 Å². The molecule has 1 aliphatic rings. The van der Waals surface area contributed by atoms with Crippen molar-refractivity contribution in [3.63, 3.8) is 0 Å². The Morgan fingerprint density at radius 1 is 1.03 bits per heavy atom. The molecule has 2 aromatic carbocycles. The van der Waals surface area contributed by atoms with E-state index in [0.29, 0.717) is 35.4 Å². The number of carbonyl (C=O) groups excluding carboxylic acids is 2. The lowest BCUT2D eigenvalue weighted by molar-refractivity contribution is -0.123. The molecule has 0 saturated carbocycles. The van der Waals surface area contributed by atoms with Crippen LogP contribution in [0.3, 0.4) is 0 Å². The second-order valence-electron chi connectivity index (χ2n) is 6.19. The topological polar surface area (TPSA) is 65.1 Å². The average molecular weight is 492 g/mol. The van der Waals surface area contributed by atoms with Gasteiger partial charge in [0, 0.05) is 0 Å². The second kappa shape index (κ2) is 10.5. The molecular weight excluding hydrogens is 470 g/mol. The largest absolute Gasteiger partial charge is 0.492 e. The van der Waals surface area contributed by atoms with Crippen LogP contribution in [0.1, 0.15) is 19.4 Å². The Kier molecular flexibility index (Phi) is 7.81. The maximum atomic E-state index is 12.7. The van der Waals surface area contributed by atoms with E-state index in [2.05, 4.69) is 15.9 Å². The minimum atomic E-state index is -0.329. The van der Waals surface area contributed by atoms with E-state index in [-0.39, 0.29) is 24.3 Å². The zero-order valence-corrected chi connectivity index (χ0v) is 19.1. The van der Waals surface area contributed by atoms with Crippen LogP contribution in [-0.4, -0.2) is 42.4 Å². The minimum absolute atomic E-state index is 0.189. The van der Waals surface area contributed by atoms with Gasteiger partial charge in [0.25, 0.3) is 11.1 Å². The van der Waals surface area contributed by atoms with Crippen LogP contribution in [0.4, 0.5) is 4.79 Å². The van der Waals surface area contributed by atoms with E-state index in [0.717, 1.165) is 21.8 Å². The van der Waals surface area contributed by atoms with Crippen molar-refractivity contribution in [1.82, 2.24) is 4.90 Å². The fourth-order valence-corrected chi connectivity index (χ4v) is 4.27. The smallest absolute Gasteiger partial charge is 0.293 e. The summed E-state index contributed by atoms with van der Waals surface area (Å²) in [5, 5.41) is -0.307. The van der Waals surface area contributed by atoms with E-state index in [9.17, 15) is 9.59 Å². The average Bonchev–Trinajstić information content (AvgIpc) is 2.99. The van der Waals surface area contributed by atoms with Crippen LogP contribution in [0, 0.1) is 0 Å². The van der Waals surface area contributed by atoms with Crippen molar-refractivity contribution in [2.24, 2.45) is 0 Å². The number of halogens is 1. The highest BCUT2D eigenvalue weighted by molar-refractivity contribution is 9.10. The summed E-state index contributed by atoms with van der Waals surface area (Å²) in [5.74, 6) is 1.56. The molecule has 30 heavy (non-hydrogen) atoms. The lowest BCUT2D eigenvalue weighted by Gasteiger charge is -2.14. The first-order chi connectivity index (χ1) is 14.5. The number of hydrogen-bond donors (Lipinski definition) is 0. The Morgan fingerprint density at radius 3 is 2.47 bits per heavy atom. The van der Waals surface area contributed by atoms with Gasteiger partial charge in [0.1, 0.15) is 12.4 Å². The van der Waals surface area contributed by atoms with Crippen LogP contribution in [0.5, 0.6) is 17.2 Å². The van der Waals surface area contributed by atoms with Gasteiger partial charge in [-0.15, -0.1) is 0 Å². The van der Waals surface area contributed by atoms with E-state index in [1.807, 2.05) is 50.2 Å². The van der Waals surface area contributed by atoms with Gasteiger partial charge >= 0.3 is 0 Å². The van der Waals surface area contributed by atoms with E-state index >= 15 is 0 Å². The second-order valence-corrected chi connectivity index (χ2v) is 8.04. The molecule has 6 nitrogen and oxygen atoms in total. The fraction of sp³-hybridized carbons (Fsp3) is 0.273. The molecule has 3 rings (SSSR count). The standard InChI is InChI=1S/C22H22BrNO5S/c1-3-27-18-13-15(12-17(23)20(18)28-4-2)14-19-21(25)24(22(26)30-19)10-11-29-16-8-6-5-7-9-16/h5-9,12-14H,3-4,10-11H2,1-2H3/b19-14-. The first kappa shape index (κ1) is 22.2. The number of ether oxygens (including phenoxy) is 3.